The number of hydrogen-bond donors (Lipinski definition) is 2. The van der Waals surface area contributed by atoms with Crippen LogP contribution in [0.1, 0.15) is 43.0 Å². The maximum absolute atomic E-state index is 12.2. The van der Waals surface area contributed by atoms with Gasteiger partial charge in [0.2, 0.25) is 0 Å². The summed E-state index contributed by atoms with van der Waals surface area (Å²) in [4.78, 5) is 22.5. The van der Waals surface area contributed by atoms with Crippen LogP contribution in [0.4, 0.5) is 5.69 Å². The van der Waals surface area contributed by atoms with Crippen molar-refractivity contribution in [2.24, 2.45) is 5.92 Å². The highest BCUT2D eigenvalue weighted by atomic mass is 16.6. The van der Waals surface area contributed by atoms with Gasteiger partial charge in [0.15, 0.2) is 0 Å². The number of nitrogens with zero attached hydrogens (tertiary/aromatic N) is 1. The fraction of sp³-hybridized carbons (Fsp3) is 0.500. The molecule has 1 aromatic carbocycles. The zero-order chi connectivity index (χ0) is 14.7. The number of benzene rings is 1. The lowest BCUT2D eigenvalue weighted by Gasteiger charge is -2.27. The van der Waals surface area contributed by atoms with Crippen molar-refractivity contribution in [2.75, 3.05) is 0 Å². The van der Waals surface area contributed by atoms with E-state index in [4.69, 9.17) is 0 Å². The number of phenolic OH excluding ortho intramolecular Hbond substituents is 1. The number of nitrogens with one attached hydrogen (secondary N) is 1. The Morgan fingerprint density at radius 2 is 2.20 bits per heavy atom. The van der Waals surface area contributed by atoms with Crippen LogP contribution in [0.25, 0.3) is 0 Å². The van der Waals surface area contributed by atoms with Gasteiger partial charge in [-0.15, -0.1) is 0 Å². The highest BCUT2D eigenvalue weighted by Crippen LogP contribution is 2.26. The first-order valence-electron chi connectivity index (χ1n) is 6.75. The summed E-state index contributed by atoms with van der Waals surface area (Å²) in [5.41, 5.74) is -0.377. The van der Waals surface area contributed by atoms with E-state index in [2.05, 4.69) is 12.2 Å². The van der Waals surface area contributed by atoms with Gasteiger partial charge in [-0.1, -0.05) is 19.8 Å². The van der Waals surface area contributed by atoms with Crippen molar-refractivity contribution in [1.29, 1.82) is 0 Å². The van der Waals surface area contributed by atoms with Crippen molar-refractivity contribution < 1.29 is 14.8 Å². The van der Waals surface area contributed by atoms with Crippen LogP contribution in [0.2, 0.25) is 0 Å². The van der Waals surface area contributed by atoms with Crippen molar-refractivity contribution in [3.05, 3.63) is 33.9 Å². The van der Waals surface area contributed by atoms with Gasteiger partial charge in [0.05, 0.1) is 4.92 Å². The van der Waals surface area contributed by atoms with E-state index in [1.807, 2.05) is 0 Å². The lowest BCUT2D eigenvalue weighted by Crippen LogP contribution is -2.38. The minimum absolute atomic E-state index is 0.0493. The van der Waals surface area contributed by atoms with Crippen LogP contribution in [0, 0.1) is 16.0 Å². The van der Waals surface area contributed by atoms with E-state index in [-0.39, 0.29) is 23.0 Å². The molecular weight excluding hydrogens is 260 g/mol. The number of rotatable bonds is 3. The van der Waals surface area contributed by atoms with Gasteiger partial charge in [-0.25, -0.2) is 0 Å². The Balaban J connectivity index is 2.16. The maximum Gasteiger partial charge on any atom is 0.282 e. The van der Waals surface area contributed by atoms with E-state index in [1.165, 1.54) is 6.07 Å². The molecule has 1 amide bonds. The predicted octanol–water partition coefficient (Wildman–Crippen LogP) is 2.61. The fourth-order valence-corrected chi connectivity index (χ4v) is 2.69. The van der Waals surface area contributed by atoms with Gasteiger partial charge in [-0.2, -0.15) is 0 Å². The highest BCUT2D eigenvalue weighted by molar-refractivity contribution is 5.98. The lowest BCUT2D eigenvalue weighted by molar-refractivity contribution is -0.385. The van der Waals surface area contributed by atoms with E-state index in [0.29, 0.717) is 5.92 Å². The third kappa shape index (κ3) is 3.26. The van der Waals surface area contributed by atoms with E-state index >= 15 is 0 Å². The second-order valence-corrected chi connectivity index (χ2v) is 5.40. The van der Waals surface area contributed by atoms with Gasteiger partial charge in [0.1, 0.15) is 11.3 Å². The average molecular weight is 278 g/mol. The third-order valence-electron chi connectivity index (χ3n) is 3.69. The normalized spacial score (nSPS) is 22.2. The Hall–Kier alpha value is -2.11. The number of nitro benzene ring substituents is 1. The first-order valence-corrected chi connectivity index (χ1v) is 6.75. The van der Waals surface area contributed by atoms with Gasteiger partial charge in [0.25, 0.3) is 11.6 Å². The van der Waals surface area contributed by atoms with Crippen molar-refractivity contribution in [2.45, 2.75) is 38.6 Å². The van der Waals surface area contributed by atoms with Crippen LogP contribution in [-0.2, 0) is 0 Å². The highest BCUT2D eigenvalue weighted by Gasteiger charge is 2.25. The van der Waals surface area contributed by atoms with E-state index < -0.39 is 10.8 Å². The van der Waals surface area contributed by atoms with Crippen molar-refractivity contribution >= 4 is 11.6 Å². The largest absolute Gasteiger partial charge is 0.508 e. The smallest absolute Gasteiger partial charge is 0.282 e. The van der Waals surface area contributed by atoms with E-state index in [1.54, 1.807) is 0 Å². The van der Waals surface area contributed by atoms with Gasteiger partial charge in [0, 0.05) is 12.1 Å². The summed E-state index contributed by atoms with van der Waals surface area (Å²) in [6.07, 6.45) is 3.98. The first kappa shape index (κ1) is 14.3. The summed E-state index contributed by atoms with van der Waals surface area (Å²) in [6, 6.07) is 3.54. The number of carbonyl (C=O) groups is 1. The number of nitro groups is 1. The molecule has 6 nitrogen and oxygen atoms in total. The van der Waals surface area contributed by atoms with Crippen LogP contribution in [0.5, 0.6) is 5.75 Å². The maximum atomic E-state index is 12.2. The minimum atomic E-state index is -0.613. The predicted molar refractivity (Wildman–Crippen MR) is 73.6 cm³/mol. The molecule has 0 spiro atoms. The SMILES string of the molecule is CC1CCCC(NC(=O)c2cc(O)ccc2[N+](=O)[O-])C1. The third-order valence-corrected chi connectivity index (χ3v) is 3.69. The van der Waals surface area contributed by atoms with Crippen molar-refractivity contribution in [3.8, 4) is 5.75 Å². The average Bonchev–Trinajstić information content (AvgIpc) is 2.38. The summed E-state index contributed by atoms with van der Waals surface area (Å²) < 4.78 is 0. The van der Waals surface area contributed by atoms with E-state index in [0.717, 1.165) is 37.8 Å². The Morgan fingerprint density at radius 3 is 2.85 bits per heavy atom. The topological polar surface area (TPSA) is 92.5 Å². The molecule has 6 heteroatoms. The minimum Gasteiger partial charge on any atom is -0.508 e. The molecule has 0 heterocycles. The molecule has 0 bridgehead atoms. The molecule has 2 N–H and O–H groups in total. The summed E-state index contributed by atoms with van der Waals surface area (Å²) in [6.45, 7) is 2.13. The van der Waals surface area contributed by atoms with Crippen LogP contribution < -0.4 is 5.32 Å². The Kier molecular flexibility index (Phi) is 4.22. The van der Waals surface area contributed by atoms with Gasteiger partial charge >= 0.3 is 0 Å². The molecule has 20 heavy (non-hydrogen) atoms. The zero-order valence-corrected chi connectivity index (χ0v) is 11.3. The zero-order valence-electron chi connectivity index (χ0n) is 11.3. The second kappa shape index (κ2) is 5.90. The van der Waals surface area contributed by atoms with Crippen LogP contribution >= 0.6 is 0 Å². The Bertz CT molecular complexity index is 530. The summed E-state index contributed by atoms with van der Waals surface area (Å²) in [5, 5.41) is 23.2. The monoisotopic (exact) mass is 278 g/mol. The number of phenols is 1. The first-order chi connectivity index (χ1) is 9.47. The lowest BCUT2D eigenvalue weighted by atomic mass is 9.87. The molecule has 1 aliphatic carbocycles. The number of hydrogen-bond acceptors (Lipinski definition) is 4. The summed E-state index contributed by atoms with van der Waals surface area (Å²) in [5.74, 6) is -0.0994. The van der Waals surface area contributed by atoms with Crippen LogP contribution in [0.3, 0.4) is 0 Å². The molecule has 1 aromatic rings. The number of amides is 1. The van der Waals surface area contributed by atoms with Crippen LogP contribution in [0.15, 0.2) is 18.2 Å². The molecule has 0 aromatic heterocycles. The fourth-order valence-electron chi connectivity index (χ4n) is 2.69. The molecular formula is C14H18N2O4. The standard InChI is InChI=1S/C14H18N2O4/c1-9-3-2-4-10(7-9)15-14(18)12-8-11(17)5-6-13(12)16(19)20/h5-6,8-10,17H,2-4,7H2,1H3,(H,15,18). The summed E-state index contributed by atoms with van der Waals surface area (Å²) in [7, 11) is 0. The molecule has 1 saturated carbocycles. The second-order valence-electron chi connectivity index (χ2n) is 5.40. The molecule has 1 aliphatic rings. The number of aromatic hydroxyl groups is 1. The van der Waals surface area contributed by atoms with Gasteiger partial charge in [-0.05, 0) is 30.9 Å². The van der Waals surface area contributed by atoms with Crippen molar-refractivity contribution in [3.63, 3.8) is 0 Å². The summed E-state index contributed by atoms with van der Waals surface area (Å²) >= 11 is 0. The molecule has 0 saturated heterocycles. The Labute approximate surface area is 117 Å². The molecule has 0 radical (unpaired) electrons. The van der Waals surface area contributed by atoms with Crippen LogP contribution in [-0.4, -0.2) is 22.0 Å². The molecule has 0 aliphatic heterocycles. The van der Waals surface area contributed by atoms with Gasteiger partial charge in [-0.3, -0.25) is 14.9 Å². The Morgan fingerprint density at radius 1 is 1.45 bits per heavy atom. The van der Waals surface area contributed by atoms with Gasteiger partial charge < -0.3 is 10.4 Å². The molecule has 2 unspecified atom stereocenters. The molecule has 108 valence electrons. The van der Waals surface area contributed by atoms with Crippen molar-refractivity contribution in [1.82, 2.24) is 5.32 Å². The molecule has 2 rings (SSSR count). The van der Waals surface area contributed by atoms with E-state index in [9.17, 15) is 20.0 Å². The molecule has 2 atom stereocenters. The quantitative estimate of drug-likeness (QED) is 0.656. The number of carbonyl (C=O) groups excluding carboxylic acids is 1. The molecule has 1 fully saturated rings.